The lowest BCUT2D eigenvalue weighted by Gasteiger charge is -2.23. The first-order valence-electron chi connectivity index (χ1n) is 10.6. The Kier molecular flexibility index (Phi) is 6.27. The van der Waals surface area contributed by atoms with Crippen molar-refractivity contribution in [2.45, 2.75) is 56.8 Å². The van der Waals surface area contributed by atoms with Crippen LogP contribution >= 0.6 is 0 Å². The second-order valence-electron chi connectivity index (χ2n) is 8.26. The van der Waals surface area contributed by atoms with Crippen molar-refractivity contribution in [3.8, 4) is 17.1 Å². The molecule has 1 saturated heterocycles. The van der Waals surface area contributed by atoms with E-state index in [2.05, 4.69) is 10.1 Å². The van der Waals surface area contributed by atoms with Crippen LogP contribution in [-0.2, 0) is 6.18 Å². The molecule has 0 spiro atoms. The first-order valence-corrected chi connectivity index (χ1v) is 10.6. The first-order chi connectivity index (χ1) is 15.2. The molecule has 2 fully saturated rings. The van der Waals surface area contributed by atoms with Gasteiger partial charge in [0.05, 0.1) is 18.3 Å². The van der Waals surface area contributed by atoms with Crippen molar-refractivity contribution in [1.82, 2.24) is 15.0 Å². The molecule has 0 bridgehead atoms. The van der Waals surface area contributed by atoms with Crippen LogP contribution in [0.15, 0.2) is 22.7 Å². The Morgan fingerprint density at radius 3 is 2.66 bits per heavy atom. The zero-order chi connectivity index (χ0) is 22.9. The van der Waals surface area contributed by atoms with Gasteiger partial charge in [0, 0.05) is 12.1 Å². The van der Waals surface area contributed by atoms with Crippen molar-refractivity contribution >= 4 is 6.09 Å². The highest BCUT2D eigenvalue weighted by molar-refractivity contribution is 5.66. The van der Waals surface area contributed by atoms with Gasteiger partial charge in [-0.05, 0) is 43.4 Å². The number of aliphatic hydroxyl groups is 1. The van der Waals surface area contributed by atoms with Crippen molar-refractivity contribution in [3.63, 3.8) is 0 Å². The SMILES string of the molecule is O=C(O)N1CC[C@H](O)[C@H]1c1nc(-c2ccc(OCC3CCCCC3)c(C(F)(F)F)c2)no1. The topological polar surface area (TPSA) is 109 Å². The Morgan fingerprint density at radius 1 is 1.22 bits per heavy atom. The van der Waals surface area contributed by atoms with E-state index in [9.17, 15) is 28.2 Å². The number of nitrogens with zero attached hydrogens (tertiary/aromatic N) is 3. The number of carbonyl (C=O) groups is 1. The Bertz CT molecular complexity index is 958. The number of alkyl halides is 3. The van der Waals surface area contributed by atoms with Crippen LogP contribution in [0, 0.1) is 5.92 Å². The molecular formula is C21H24F3N3O5. The smallest absolute Gasteiger partial charge is 0.419 e. The highest BCUT2D eigenvalue weighted by Gasteiger charge is 2.41. The molecule has 1 saturated carbocycles. The Labute approximate surface area is 182 Å². The number of rotatable bonds is 5. The zero-order valence-corrected chi connectivity index (χ0v) is 17.2. The number of likely N-dealkylation sites (tertiary alicyclic amines) is 1. The van der Waals surface area contributed by atoms with Crippen molar-refractivity contribution in [2.75, 3.05) is 13.2 Å². The van der Waals surface area contributed by atoms with Gasteiger partial charge < -0.3 is 19.5 Å². The summed E-state index contributed by atoms with van der Waals surface area (Å²) >= 11 is 0. The molecule has 2 aromatic rings. The molecule has 32 heavy (non-hydrogen) atoms. The van der Waals surface area contributed by atoms with E-state index >= 15 is 0 Å². The van der Waals surface area contributed by atoms with E-state index in [0.29, 0.717) is 0 Å². The van der Waals surface area contributed by atoms with Crippen molar-refractivity contribution < 1.29 is 37.4 Å². The molecule has 1 aliphatic carbocycles. The van der Waals surface area contributed by atoms with Crippen LogP contribution in [0.25, 0.3) is 11.4 Å². The van der Waals surface area contributed by atoms with Crippen LogP contribution in [0.4, 0.5) is 18.0 Å². The molecule has 1 aromatic carbocycles. The summed E-state index contributed by atoms with van der Waals surface area (Å²) in [6, 6.07) is 2.48. The van der Waals surface area contributed by atoms with Gasteiger partial charge in [0.15, 0.2) is 0 Å². The van der Waals surface area contributed by atoms with Crippen molar-refractivity contribution in [3.05, 3.63) is 29.7 Å². The standard InChI is InChI=1S/C21H24F3N3O5/c22-21(23,24)14-10-13(6-7-16(14)31-11-12-4-2-1-3-5-12)18-25-19(32-26-18)17-15(28)8-9-27(17)20(29)30/h6-7,10,12,15,17,28H,1-5,8-9,11H2,(H,29,30)/t15-,17-/m0/s1. The van der Waals surface area contributed by atoms with Gasteiger partial charge in [0.1, 0.15) is 11.8 Å². The zero-order valence-electron chi connectivity index (χ0n) is 17.2. The summed E-state index contributed by atoms with van der Waals surface area (Å²) in [5, 5.41) is 23.1. The van der Waals surface area contributed by atoms with E-state index in [4.69, 9.17) is 9.26 Å². The molecule has 2 aliphatic rings. The number of halogens is 3. The van der Waals surface area contributed by atoms with Gasteiger partial charge >= 0.3 is 12.3 Å². The molecule has 2 heterocycles. The van der Waals surface area contributed by atoms with Crippen LogP contribution in [0.5, 0.6) is 5.75 Å². The molecule has 4 rings (SSSR count). The highest BCUT2D eigenvalue weighted by atomic mass is 19.4. The van der Waals surface area contributed by atoms with Gasteiger partial charge in [0.25, 0.3) is 5.89 Å². The van der Waals surface area contributed by atoms with E-state index in [1.54, 1.807) is 0 Å². The van der Waals surface area contributed by atoms with E-state index in [0.717, 1.165) is 43.1 Å². The summed E-state index contributed by atoms with van der Waals surface area (Å²) in [7, 11) is 0. The lowest BCUT2D eigenvalue weighted by atomic mass is 9.90. The number of aliphatic hydroxyl groups excluding tert-OH is 1. The van der Waals surface area contributed by atoms with Crippen LogP contribution in [0.2, 0.25) is 0 Å². The molecule has 0 radical (unpaired) electrons. The number of ether oxygens (including phenoxy) is 1. The molecule has 0 unspecified atom stereocenters. The third-order valence-electron chi connectivity index (χ3n) is 6.05. The fraction of sp³-hybridized carbons (Fsp3) is 0.571. The van der Waals surface area contributed by atoms with Gasteiger partial charge in [-0.2, -0.15) is 18.2 Å². The monoisotopic (exact) mass is 455 g/mol. The summed E-state index contributed by atoms with van der Waals surface area (Å²) in [5.74, 6) is -0.301. The Balaban J connectivity index is 1.57. The maximum absolute atomic E-state index is 13.7. The molecular weight excluding hydrogens is 431 g/mol. The Morgan fingerprint density at radius 2 is 1.97 bits per heavy atom. The van der Waals surface area contributed by atoms with Gasteiger partial charge in [-0.3, -0.25) is 4.90 Å². The summed E-state index contributed by atoms with van der Waals surface area (Å²) in [6.45, 7) is 0.323. The van der Waals surface area contributed by atoms with E-state index in [1.807, 2.05) is 0 Å². The van der Waals surface area contributed by atoms with Crippen LogP contribution in [0.3, 0.4) is 0 Å². The quantitative estimate of drug-likeness (QED) is 0.683. The molecule has 2 N–H and O–H groups in total. The predicted molar refractivity (Wildman–Crippen MR) is 105 cm³/mol. The van der Waals surface area contributed by atoms with E-state index in [-0.39, 0.29) is 48.5 Å². The first kappa shape index (κ1) is 22.4. The average Bonchev–Trinajstić information content (AvgIpc) is 3.39. The summed E-state index contributed by atoms with van der Waals surface area (Å²) in [6.07, 6.45) is -1.58. The second-order valence-corrected chi connectivity index (χ2v) is 8.26. The number of hydrogen-bond donors (Lipinski definition) is 2. The maximum Gasteiger partial charge on any atom is 0.419 e. The van der Waals surface area contributed by atoms with Crippen LogP contribution in [-0.4, -0.2) is 50.6 Å². The highest BCUT2D eigenvalue weighted by Crippen LogP contribution is 2.39. The normalized spacial score (nSPS) is 22.3. The number of carboxylic acid groups (broad SMARTS) is 1. The maximum atomic E-state index is 13.7. The molecule has 2 atom stereocenters. The van der Waals surface area contributed by atoms with E-state index < -0.39 is 30.0 Å². The number of benzene rings is 1. The largest absolute Gasteiger partial charge is 0.493 e. The lowest BCUT2D eigenvalue weighted by Crippen LogP contribution is -2.32. The molecule has 174 valence electrons. The fourth-order valence-corrected chi connectivity index (χ4v) is 4.34. The summed E-state index contributed by atoms with van der Waals surface area (Å²) in [4.78, 5) is 16.4. The number of aromatic nitrogens is 2. The third-order valence-corrected chi connectivity index (χ3v) is 6.05. The summed E-state index contributed by atoms with van der Waals surface area (Å²) in [5.41, 5.74) is -0.892. The molecule has 1 amide bonds. The lowest BCUT2D eigenvalue weighted by molar-refractivity contribution is -0.139. The average molecular weight is 455 g/mol. The van der Waals surface area contributed by atoms with Crippen molar-refractivity contribution in [1.29, 1.82) is 0 Å². The van der Waals surface area contributed by atoms with Gasteiger partial charge in [-0.1, -0.05) is 24.4 Å². The van der Waals surface area contributed by atoms with E-state index in [1.165, 1.54) is 12.1 Å². The minimum atomic E-state index is -4.65. The number of amides is 1. The fourth-order valence-electron chi connectivity index (χ4n) is 4.34. The summed E-state index contributed by atoms with van der Waals surface area (Å²) < 4.78 is 51.8. The number of hydrogen-bond acceptors (Lipinski definition) is 6. The van der Waals surface area contributed by atoms with Crippen LogP contribution < -0.4 is 4.74 Å². The second kappa shape index (κ2) is 8.97. The van der Waals surface area contributed by atoms with Gasteiger partial charge in [0.2, 0.25) is 5.82 Å². The predicted octanol–water partition coefficient (Wildman–Crippen LogP) is 4.50. The van der Waals surface area contributed by atoms with Crippen molar-refractivity contribution in [2.24, 2.45) is 5.92 Å². The molecule has 1 aliphatic heterocycles. The third kappa shape index (κ3) is 4.67. The molecule has 8 nitrogen and oxygen atoms in total. The Hall–Kier alpha value is -2.82. The minimum absolute atomic E-state index is 0.0479. The molecule has 11 heteroatoms. The van der Waals surface area contributed by atoms with Crippen LogP contribution in [0.1, 0.15) is 56.0 Å². The van der Waals surface area contributed by atoms with Gasteiger partial charge in [-0.15, -0.1) is 0 Å². The van der Waals surface area contributed by atoms with Gasteiger partial charge in [-0.25, -0.2) is 4.79 Å². The minimum Gasteiger partial charge on any atom is -0.493 e. The molecule has 1 aromatic heterocycles.